The largest absolute Gasteiger partial charge is 0.492 e. The van der Waals surface area contributed by atoms with Gasteiger partial charge in [0.15, 0.2) is 0 Å². The maximum absolute atomic E-state index is 12.2. The Labute approximate surface area is 117 Å². The Morgan fingerprint density at radius 2 is 1.85 bits per heavy atom. The minimum Gasteiger partial charge on any atom is -0.492 e. The van der Waals surface area contributed by atoms with Crippen LogP contribution in [0.15, 0.2) is 48.5 Å². The Kier molecular flexibility index (Phi) is 4.57. The Balaban J connectivity index is 2.14. The fourth-order valence-electron chi connectivity index (χ4n) is 1.76. The second-order valence-corrected chi connectivity index (χ2v) is 4.10. The van der Waals surface area contributed by atoms with Gasteiger partial charge in [-0.3, -0.25) is 10.6 Å². The van der Waals surface area contributed by atoms with Gasteiger partial charge < -0.3 is 15.5 Å². The van der Waals surface area contributed by atoms with E-state index < -0.39 is 0 Å². The van der Waals surface area contributed by atoms with Crippen LogP contribution in [0.25, 0.3) is 0 Å². The van der Waals surface area contributed by atoms with Gasteiger partial charge in [0.2, 0.25) is 0 Å². The highest BCUT2D eigenvalue weighted by atomic mass is 16.5. The van der Waals surface area contributed by atoms with Gasteiger partial charge in [0.1, 0.15) is 5.75 Å². The predicted molar refractivity (Wildman–Crippen MR) is 79.8 cm³/mol. The summed E-state index contributed by atoms with van der Waals surface area (Å²) in [6, 6.07) is 14.2. The minimum atomic E-state index is -0.194. The number of ether oxygens (including phenoxy) is 1. The number of carbonyl (C=O) groups excluding carboxylic acids is 1. The molecule has 0 aliphatic carbocycles. The van der Waals surface area contributed by atoms with Crippen molar-refractivity contribution in [3.8, 4) is 5.75 Å². The number of nitrogens with one attached hydrogen (secondary N) is 2. The van der Waals surface area contributed by atoms with E-state index in [0.717, 1.165) is 5.69 Å². The third kappa shape index (κ3) is 3.27. The first-order valence-electron chi connectivity index (χ1n) is 6.34. The summed E-state index contributed by atoms with van der Waals surface area (Å²) in [5, 5.41) is 2.83. The highest BCUT2D eigenvalue weighted by Gasteiger charge is 2.09. The molecule has 0 aromatic heterocycles. The maximum atomic E-state index is 12.2. The fourth-order valence-corrected chi connectivity index (χ4v) is 1.76. The molecule has 0 saturated heterocycles. The second-order valence-electron chi connectivity index (χ2n) is 4.10. The van der Waals surface area contributed by atoms with E-state index in [1.807, 2.05) is 25.1 Å². The first kappa shape index (κ1) is 13.9. The summed E-state index contributed by atoms with van der Waals surface area (Å²) in [6.07, 6.45) is 0. The van der Waals surface area contributed by atoms with E-state index >= 15 is 0 Å². The number of hydrogen-bond donors (Lipinski definition) is 3. The SMILES string of the molecule is CCOc1ccccc1NC(=O)c1ccc(NN)cc1. The molecule has 0 fully saturated rings. The molecule has 0 atom stereocenters. The number of hydrazine groups is 1. The number of benzene rings is 2. The van der Waals surface area contributed by atoms with Crippen LogP contribution in [0.1, 0.15) is 17.3 Å². The number of carbonyl (C=O) groups is 1. The van der Waals surface area contributed by atoms with Crippen molar-refractivity contribution < 1.29 is 9.53 Å². The van der Waals surface area contributed by atoms with Crippen LogP contribution in [0.4, 0.5) is 11.4 Å². The lowest BCUT2D eigenvalue weighted by Gasteiger charge is -2.11. The average Bonchev–Trinajstić information content (AvgIpc) is 2.49. The molecular weight excluding hydrogens is 254 g/mol. The van der Waals surface area contributed by atoms with Crippen molar-refractivity contribution in [3.05, 3.63) is 54.1 Å². The van der Waals surface area contributed by atoms with Crippen molar-refractivity contribution >= 4 is 17.3 Å². The minimum absolute atomic E-state index is 0.194. The van der Waals surface area contributed by atoms with Crippen LogP contribution in [0.3, 0.4) is 0 Å². The predicted octanol–water partition coefficient (Wildman–Crippen LogP) is 2.62. The molecule has 0 heterocycles. The first-order valence-corrected chi connectivity index (χ1v) is 6.34. The number of hydrogen-bond acceptors (Lipinski definition) is 4. The van der Waals surface area contributed by atoms with E-state index in [-0.39, 0.29) is 5.91 Å². The van der Waals surface area contributed by atoms with Gasteiger partial charge in [0, 0.05) is 11.3 Å². The van der Waals surface area contributed by atoms with E-state index in [0.29, 0.717) is 23.6 Å². The topological polar surface area (TPSA) is 76.4 Å². The molecule has 2 aromatic carbocycles. The smallest absolute Gasteiger partial charge is 0.255 e. The lowest BCUT2D eigenvalue weighted by atomic mass is 10.2. The molecule has 1 amide bonds. The molecule has 0 saturated carbocycles. The molecule has 5 heteroatoms. The average molecular weight is 271 g/mol. The zero-order valence-corrected chi connectivity index (χ0v) is 11.2. The summed E-state index contributed by atoms with van der Waals surface area (Å²) in [6.45, 7) is 2.45. The van der Waals surface area contributed by atoms with Crippen LogP contribution in [0.2, 0.25) is 0 Å². The van der Waals surface area contributed by atoms with Crippen LogP contribution in [0.5, 0.6) is 5.75 Å². The van der Waals surface area contributed by atoms with Crippen LogP contribution >= 0.6 is 0 Å². The van der Waals surface area contributed by atoms with Gasteiger partial charge in [-0.2, -0.15) is 0 Å². The molecule has 0 bridgehead atoms. The maximum Gasteiger partial charge on any atom is 0.255 e. The van der Waals surface area contributed by atoms with E-state index in [9.17, 15) is 4.79 Å². The summed E-state index contributed by atoms with van der Waals surface area (Å²) < 4.78 is 5.47. The number of para-hydroxylation sites is 2. The van der Waals surface area contributed by atoms with E-state index in [1.165, 1.54) is 0 Å². The second kappa shape index (κ2) is 6.58. The molecule has 0 aliphatic heterocycles. The van der Waals surface area contributed by atoms with Crippen molar-refractivity contribution in [2.45, 2.75) is 6.92 Å². The Hall–Kier alpha value is -2.53. The Morgan fingerprint density at radius 1 is 1.15 bits per heavy atom. The monoisotopic (exact) mass is 271 g/mol. The van der Waals surface area contributed by atoms with Crippen LogP contribution in [-0.4, -0.2) is 12.5 Å². The molecular formula is C15H17N3O2. The Morgan fingerprint density at radius 3 is 2.50 bits per heavy atom. The number of amides is 1. The molecule has 4 N–H and O–H groups in total. The summed E-state index contributed by atoms with van der Waals surface area (Å²) in [5.74, 6) is 5.75. The fraction of sp³-hybridized carbons (Fsp3) is 0.133. The van der Waals surface area contributed by atoms with Gasteiger partial charge in [-0.25, -0.2) is 0 Å². The Bertz CT molecular complexity index is 582. The van der Waals surface area contributed by atoms with Gasteiger partial charge >= 0.3 is 0 Å². The summed E-state index contributed by atoms with van der Waals surface area (Å²) in [7, 11) is 0. The third-order valence-corrected chi connectivity index (χ3v) is 2.75. The molecule has 104 valence electrons. The van der Waals surface area contributed by atoms with E-state index in [2.05, 4.69) is 10.7 Å². The highest BCUT2D eigenvalue weighted by molar-refractivity contribution is 6.05. The van der Waals surface area contributed by atoms with Gasteiger partial charge in [-0.15, -0.1) is 0 Å². The van der Waals surface area contributed by atoms with Gasteiger partial charge in [0.25, 0.3) is 5.91 Å². The quantitative estimate of drug-likeness (QED) is 0.577. The molecule has 0 spiro atoms. The lowest BCUT2D eigenvalue weighted by Crippen LogP contribution is -2.13. The summed E-state index contributed by atoms with van der Waals surface area (Å²) in [5.41, 5.74) is 4.47. The summed E-state index contributed by atoms with van der Waals surface area (Å²) >= 11 is 0. The molecule has 5 nitrogen and oxygen atoms in total. The van der Waals surface area contributed by atoms with Crippen molar-refractivity contribution in [3.63, 3.8) is 0 Å². The van der Waals surface area contributed by atoms with Crippen LogP contribution in [0, 0.1) is 0 Å². The van der Waals surface area contributed by atoms with Crippen LogP contribution in [-0.2, 0) is 0 Å². The molecule has 0 unspecified atom stereocenters. The van der Waals surface area contributed by atoms with Gasteiger partial charge in [-0.1, -0.05) is 12.1 Å². The normalized spacial score (nSPS) is 9.90. The molecule has 0 radical (unpaired) electrons. The molecule has 0 aliphatic rings. The number of rotatable bonds is 5. The third-order valence-electron chi connectivity index (χ3n) is 2.75. The lowest BCUT2D eigenvalue weighted by molar-refractivity contribution is 0.102. The van der Waals surface area contributed by atoms with Crippen molar-refractivity contribution in [1.29, 1.82) is 0 Å². The van der Waals surface area contributed by atoms with Crippen molar-refractivity contribution in [1.82, 2.24) is 0 Å². The number of nitrogen functional groups attached to an aromatic ring is 1. The molecule has 2 rings (SSSR count). The number of anilines is 2. The standard InChI is InChI=1S/C15H17N3O2/c1-2-20-14-6-4-3-5-13(14)17-15(19)11-7-9-12(18-16)10-8-11/h3-10,18H,2,16H2,1H3,(H,17,19). The van der Waals surface area contributed by atoms with Gasteiger partial charge in [-0.05, 0) is 43.3 Å². The highest BCUT2D eigenvalue weighted by Crippen LogP contribution is 2.24. The van der Waals surface area contributed by atoms with Crippen molar-refractivity contribution in [2.75, 3.05) is 17.3 Å². The molecule has 20 heavy (non-hydrogen) atoms. The zero-order valence-electron chi connectivity index (χ0n) is 11.2. The van der Waals surface area contributed by atoms with Crippen LogP contribution < -0.4 is 21.3 Å². The summed E-state index contributed by atoms with van der Waals surface area (Å²) in [4.78, 5) is 12.2. The van der Waals surface area contributed by atoms with E-state index in [4.69, 9.17) is 10.6 Å². The van der Waals surface area contributed by atoms with Gasteiger partial charge in [0.05, 0.1) is 12.3 Å². The number of nitrogens with two attached hydrogens (primary N) is 1. The van der Waals surface area contributed by atoms with Crippen molar-refractivity contribution in [2.24, 2.45) is 5.84 Å². The molecule has 2 aromatic rings. The zero-order chi connectivity index (χ0) is 14.4. The van der Waals surface area contributed by atoms with E-state index in [1.54, 1.807) is 30.3 Å². The first-order chi connectivity index (χ1) is 9.74.